The molecule has 84 valence electrons. The van der Waals surface area contributed by atoms with E-state index in [9.17, 15) is 0 Å². The van der Waals surface area contributed by atoms with Gasteiger partial charge >= 0.3 is 0 Å². The molecular formula is C12H20N2O. The highest BCUT2D eigenvalue weighted by Gasteiger charge is 2.15. The van der Waals surface area contributed by atoms with E-state index in [1.807, 2.05) is 0 Å². The molecule has 1 N–H and O–H groups in total. The molecule has 0 aliphatic heterocycles. The van der Waals surface area contributed by atoms with E-state index >= 15 is 0 Å². The van der Waals surface area contributed by atoms with Crippen molar-refractivity contribution in [3.8, 4) is 0 Å². The minimum absolute atomic E-state index is 0.453. The van der Waals surface area contributed by atoms with E-state index in [1.54, 1.807) is 0 Å². The van der Waals surface area contributed by atoms with Gasteiger partial charge in [-0.05, 0) is 18.8 Å². The number of aromatic nitrogens is 1. The minimum atomic E-state index is 0.453. The van der Waals surface area contributed by atoms with E-state index in [1.165, 1.54) is 25.7 Å². The lowest BCUT2D eigenvalue weighted by atomic mass is 10.1. The third kappa shape index (κ3) is 2.81. The van der Waals surface area contributed by atoms with Crippen molar-refractivity contribution in [2.75, 3.05) is 0 Å². The third-order valence-electron chi connectivity index (χ3n) is 3.09. The maximum atomic E-state index is 5.27. The van der Waals surface area contributed by atoms with Gasteiger partial charge < -0.3 is 9.84 Å². The molecule has 1 heterocycles. The van der Waals surface area contributed by atoms with Gasteiger partial charge in [-0.2, -0.15) is 0 Å². The summed E-state index contributed by atoms with van der Waals surface area (Å²) in [5.41, 5.74) is 1.05. The summed E-state index contributed by atoms with van der Waals surface area (Å²) < 4.78 is 5.27. The smallest absolute Gasteiger partial charge is 0.150 e. The number of hydrogen-bond acceptors (Lipinski definition) is 3. The maximum absolute atomic E-state index is 5.27. The molecule has 1 aromatic rings. The van der Waals surface area contributed by atoms with Crippen LogP contribution in [0.25, 0.3) is 0 Å². The first-order valence-electron chi connectivity index (χ1n) is 5.94. The Bertz CT molecular complexity index is 300. The Morgan fingerprint density at radius 3 is 2.80 bits per heavy atom. The highest BCUT2D eigenvalue weighted by molar-refractivity contribution is 5.08. The van der Waals surface area contributed by atoms with E-state index < -0.39 is 0 Å². The molecule has 0 unspecified atom stereocenters. The summed E-state index contributed by atoms with van der Waals surface area (Å²) in [6.45, 7) is 5.09. The Balaban J connectivity index is 1.82. The highest BCUT2D eigenvalue weighted by atomic mass is 16.5. The lowest BCUT2D eigenvalue weighted by Crippen LogP contribution is -2.24. The normalized spacial score (nSPS) is 17.8. The van der Waals surface area contributed by atoms with Crippen LogP contribution < -0.4 is 5.32 Å². The molecule has 15 heavy (non-hydrogen) atoms. The molecule has 0 bridgehead atoms. The summed E-state index contributed by atoms with van der Waals surface area (Å²) in [5.74, 6) is 1.42. The number of nitrogens with one attached hydrogen (secondary N) is 1. The lowest BCUT2D eigenvalue weighted by molar-refractivity contribution is 0.356. The van der Waals surface area contributed by atoms with Crippen LogP contribution in [0.15, 0.2) is 10.6 Å². The number of nitrogens with zero attached hydrogens (tertiary/aromatic N) is 1. The summed E-state index contributed by atoms with van der Waals surface area (Å²) in [6.07, 6.45) is 5.35. The molecule has 1 fully saturated rings. The lowest BCUT2D eigenvalue weighted by Gasteiger charge is -2.08. The summed E-state index contributed by atoms with van der Waals surface area (Å²) in [7, 11) is 0. The van der Waals surface area contributed by atoms with Gasteiger partial charge in [0.1, 0.15) is 0 Å². The van der Waals surface area contributed by atoms with Crippen LogP contribution in [0.2, 0.25) is 0 Å². The van der Waals surface area contributed by atoms with Gasteiger partial charge in [0.05, 0.1) is 12.2 Å². The highest BCUT2D eigenvalue weighted by Crippen LogP contribution is 2.19. The van der Waals surface area contributed by atoms with Crippen LogP contribution in [0, 0.1) is 0 Å². The zero-order valence-corrected chi connectivity index (χ0v) is 9.62. The Morgan fingerprint density at radius 1 is 1.47 bits per heavy atom. The van der Waals surface area contributed by atoms with Crippen molar-refractivity contribution in [2.45, 2.75) is 58.0 Å². The van der Waals surface area contributed by atoms with E-state index in [0.717, 1.165) is 18.0 Å². The number of hydrogen-bond donors (Lipinski definition) is 1. The average molecular weight is 208 g/mol. The fraction of sp³-hybridized carbons (Fsp3) is 0.750. The van der Waals surface area contributed by atoms with Crippen molar-refractivity contribution >= 4 is 0 Å². The first kappa shape index (κ1) is 10.7. The molecule has 0 aromatic carbocycles. The van der Waals surface area contributed by atoms with Crippen molar-refractivity contribution in [1.29, 1.82) is 0 Å². The van der Waals surface area contributed by atoms with Crippen molar-refractivity contribution < 1.29 is 4.52 Å². The van der Waals surface area contributed by atoms with Crippen LogP contribution >= 0.6 is 0 Å². The predicted octanol–water partition coefficient (Wildman–Crippen LogP) is 2.83. The second-order valence-electron chi connectivity index (χ2n) is 4.74. The van der Waals surface area contributed by atoms with Gasteiger partial charge in [-0.25, -0.2) is 0 Å². The van der Waals surface area contributed by atoms with Gasteiger partial charge in [-0.15, -0.1) is 0 Å². The predicted molar refractivity (Wildman–Crippen MR) is 59.7 cm³/mol. The fourth-order valence-corrected chi connectivity index (χ4v) is 2.06. The summed E-state index contributed by atoms with van der Waals surface area (Å²) in [5, 5.41) is 7.56. The van der Waals surface area contributed by atoms with Crippen LogP contribution in [-0.2, 0) is 6.54 Å². The molecular weight excluding hydrogens is 188 g/mol. The molecule has 1 aliphatic rings. The van der Waals surface area contributed by atoms with Gasteiger partial charge in [0.2, 0.25) is 0 Å². The Hall–Kier alpha value is -0.830. The van der Waals surface area contributed by atoms with Crippen LogP contribution in [0.4, 0.5) is 0 Å². The Kier molecular flexibility index (Phi) is 3.41. The minimum Gasteiger partial charge on any atom is -0.360 e. The van der Waals surface area contributed by atoms with Crippen molar-refractivity contribution in [1.82, 2.24) is 10.5 Å². The van der Waals surface area contributed by atoms with Gasteiger partial charge in [-0.1, -0.05) is 31.8 Å². The van der Waals surface area contributed by atoms with Crippen LogP contribution in [0.5, 0.6) is 0 Å². The van der Waals surface area contributed by atoms with E-state index in [-0.39, 0.29) is 0 Å². The molecule has 0 spiro atoms. The van der Waals surface area contributed by atoms with Crippen LogP contribution in [0.1, 0.15) is 56.9 Å². The molecule has 0 amide bonds. The summed E-state index contributed by atoms with van der Waals surface area (Å²) >= 11 is 0. The first-order valence-corrected chi connectivity index (χ1v) is 5.94. The van der Waals surface area contributed by atoms with Gasteiger partial charge in [-0.3, -0.25) is 0 Å². The second kappa shape index (κ2) is 4.79. The first-order chi connectivity index (χ1) is 7.25. The molecule has 0 radical (unpaired) electrons. The quantitative estimate of drug-likeness (QED) is 0.826. The fourth-order valence-electron chi connectivity index (χ4n) is 2.06. The third-order valence-corrected chi connectivity index (χ3v) is 3.09. The van der Waals surface area contributed by atoms with Crippen molar-refractivity contribution in [3.05, 3.63) is 17.5 Å². The topological polar surface area (TPSA) is 38.1 Å². The van der Waals surface area contributed by atoms with E-state index in [2.05, 4.69) is 30.4 Å². The molecule has 2 rings (SSSR count). The molecule has 3 heteroatoms. The molecule has 0 atom stereocenters. The SMILES string of the molecule is CC(C)c1cc(CNC2CCCC2)on1. The second-order valence-corrected chi connectivity index (χ2v) is 4.74. The zero-order valence-electron chi connectivity index (χ0n) is 9.62. The van der Waals surface area contributed by atoms with Crippen molar-refractivity contribution in [2.24, 2.45) is 0 Å². The van der Waals surface area contributed by atoms with E-state index in [4.69, 9.17) is 4.52 Å². The van der Waals surface area contributed by atoms with Gasteiger partial charge in [0.25, 0.3) is 0 Å². The largest absolute Gasteiger partial charge is 0.360 e. The Morgan fingerprint density at radius 2 is 2.20 bits per heavy atom. The summed E-state index contributed by atoms with van der Waals surface area (Å²) in [6, 6.07) is 2.75. The standard InChI is InChI=1S/C12H20N2O/c1-9(2)12-7-11(15-14-12)8-13-10-5-3-4-6-10/h7,9-10,13H,3-6,8H2,1-2H3. The average Bonchev–Trinajstić information content (AvgIpc) is 2.86. The monoisotopic (exact) mass is 208 g/mol. The maximum Gasteiger partial charge on any atom is 0.150 e. The molecule has 1 saturated carbocycles. The van der Waals surface area contributed by atoms with Crippen LogP contribution in [-0.4, -0.2) is 11.2 Å². The molecule has 1 aromatic heterocycles. The molecule has 3 nitrogen and oxygen atoms in total. The zero-order chi connectivity index (χ0) is 10.7. The van der Waals surface area contributed by atoms with E-state index in [0.29, 0.717) is 12.0 Å². The number of rotatable bonds is 4. The Labute approximate surface area is 91.2 Å². The van der Waals surface area contributed by atoms with Gasteiger partial charge in [0, 0.05) is 12.1 Å². The molecule has 1 aliphatic carbocycles. The molecule has 0 saturated heterocycles. The summed E-state index contributed by atoms with van der Waals surface area (Å²) in [4.78, 5) is 0. The van der Waals surface area contributed by atoms with Crippen molar-refractivity contribution in [3.63, 3.8) is 0 Å². The van der Waals surface area contributed by atoms with Crippen LogP contribution in [0.3, 0.4) is 0 Å². The van der Waals surface area contributed by atoms with Gasteiger partial charge in [0.15, 0.2) is 5.76 Å².